The highest BCUT2D eigenvalue weighted by Crippen LogP contribution is 2.16. The summed E-state index contributed by atoms with van der Waals surface area (Å²) in [6, 6.07) is 12.7. The van der Waals surface area contributed by atoms with Crippen LogP contribution < -0.4 is 11.1 Å². The zero-order valence-corrected chi connectivity index (χ0v) is 13.2. The van der Waals surface area contributed by atoms with Gasteiger partial charge in [0.05, 0.1) is 5.52 Å². The monoisotopic (exact) mass is 328 g/mol. The maximum atomic E-state index is 13.6. The smallest absolute Gasteiger partial charge is 0.408 e. The number of halogens is 1. The molecule has 3 aromatic rings. The van der Waals surface area contributed by atoms with Gasteiger partial charge in [0.25, 0.3) is 0 Å². The second-order valence-corrected chi connectivity index (χ2v) is 5.51. The number of aromatic nitrogens is 1. The number of carbonyl (C=O) groups is 1. The Kier molecular flexibility index (Phi) is 4.46. The minimum absolute atomic E-state index is 0.286. The number of para-hydroxylation sites is 2. The van der Waals surface area contributed by atoms with E-state index in [1.54, 1.807) is 49.4 Å². The van der Waals surface area contributed by atoms with E-state index in [-0.39, 0.29) is 18.3 Å². The number of rotatable bonds is 5. The van der Waals surface area contributed by atoms with E-state index in [2.05, 4.69) is 5.32 Å². The van der Waals surface area contributed by atoms with Crippen LogP contribution in [0.5, 0.6) is 0 Å². The highest BCUT2D eigenvalue weighted by molar-refractivity contribution is 5.82. The molecule has 2 aromatic carbocycles. The maximum Gasteiger partial charge on any atom is 0.420 e. The van der Waals surface area contributed by atoms with Crippen LogP contribution >= 0.6 is 0 Å². The summed E-state index contributed by atoms with van der Waals surface area (Å²) in [4.78, 5) is 24.3. The van der Waals surface area contributed by atoms with Gasteiger partial charge in [-0.2, -0.15) is 0 Å². The number of hydrogen-bond donors (Lipinski definition) is 1. The molecule has 0 spiro atoms. The first-order valence-corrected chi connectivity index (χ1v) is 7.69. The Balaban J connectivity index is 1.69. The fraction of sp³-hybridized carbons (Fsp3) is 0.222. The van der Waals surface area contributed by atoms with Crippen molar-refractivity contribution in [2.24, 2.45) is 0 Å². The van der Waals surface area contributed by atoms with Crippen LogP contribution in [0.1, 0.15) is 18.5 Å². The van der Waals surface area contributed by atoms with Crippen molar-refractivity contribution in [1.29, 1.82) is 0 Å². The molecule has 124 valence electrons. The normalized spacial score (nSPS) is 12.2. The molecule has 0 saturated carbocycles. The molecule has 3 rings (SSSR count). The van der Waals surface area contributed by atoms with Crippen molar-refractivity contribution in [3.8, 4) is 0 Å². The van der Waals surface area contributed by atoms with E-state index in [0.717, 1.165) is 0 Å². The molecule has 1 heterocycles. The van der Waals surface area contributed by atoms with Crippen LogP contribution in [0.4, 0.5) is 4.39 Å². The van der Waals surface area contributed by atoms with E-state index in [0.29, 0.717) is 23.1 Å². The summed E-state index contributed by atoms with van der Waals surface area (Å²) in [7, 11) is 0. The molecule has 0 radical (unpaired) electrons. The summed E-state index contributed by atoms with van der Waals surface area (Å²) in [5, 5.41) is 2.73. The van der Waals surface area contributed by atoms with E-state index in [9.17, 15) is 14.0 Å². The average molecular weight is 328 g/mol. The molecule has 1 aromatic heterocycles. The number of benzene rings is 2. The summed E-state index contributed by atoms with van der Waals surface area (Å²) in [5.41, 5.74) is 1.55. The fourth-order valence-electron chi connectivity index (χ4n) is 2.64. The Morgan fingerprint density at radius 3 is 2.71 bits per heavy atom. The number of amides is 1. The van der Waals surface area contributed by atoms with Crippen molar-refractivity contribution < 1.29 is 13.6 Å². The Morgan fingerprint density at radius 2 is 1.92 bits per heavy atom. The standard InChI is InChI=1S/C18H17FN2O3/c1-12(21-15-8-4-5-9-16(15)24-18(21)23)17(22)20-11-10-13-6-2-3-7-14(13)19/h2-9,12H,10-11H2,1H3,(H,20,22). The van der Waals surface area contributed by atoms with E-state index in [1.165, 1.54) is 10.6 Å². The Morgan fingerprint density at radius 1 is 1.21 bits per heavy atom. The minimum Gasteiger partial charge on any atom is -0.408 e. The van der Waals surface area contributed by atoms with Gasteiger partial charge in [-0.3, -0.25) is 9.36 Å². The number of nitrogens with one attached hydrogen (secondary N) is 1. The van der Waals surface area contributed by atoms with Crippen molar-refractivity contribution in [2.75, 3.05) is 6.54 Å². The molecular formula is C18H17FN2O3. The molecule has 6 heteroatoms. The zero-order chi connectivity index (χ0) is 17.1. The van der Waals surface area contributed by atoms with E-state index < -0.39 is 11.8 Å². The topological polar surface area (TPSA) is 64.2 Å². The Hall–Kier alpha value is -2.89. The minimum atomic E-state index is -0.721. The van der Waals surface area contributed by atoms with Crippen LogP contribution in [0, 0.1) is 5.82 Å². The van der Waals surface area contributed by atoms with Crippen molar-refractivity contribution in [2.45, 2.75) is 19.4 Å². The third kappa shape index (κ3) is 3.08. The molecule has 0 bridgehead atoms. The highest BCUT2D eigenvalue weighted by atomic mass is 19.1. The van der Waals surface area contributed by atoms with Gasteiger partial charge in [0.2, 0.25) is 5.91 Å². The molecule has 1 amide bonds. The van der Waals surface area contributed by atoms with Crippen molar-refractivity contribution in [3.63, 3.8) is 0 Å². The first kappa shape index (κ1) is 16.0. The maximum absolute atomic E-state index is 13.6. The third-order valence-corrected chi connectivity index (χ3v) is 3.94. The SMILES string of the molecule is CC(C(=O)NCCc1ccccc1F)n1c(=O)oc2ccccc21. The van der Waals surface area contributed by atoms with Gasteiger partial charge in [-0.05, 0) is 37.1 Å². The fourth-order valence-corrected chi connectivity index (χ4v) is 2.64. The first-order valence-electron chi connectivity index (χ1n) is 7.69. The summed E-state index contributed by atoms with van der Waals surface area (Å²) in [6.07, 6.45) is 0.381. The Labute approximate surface area is 137 Å². The molecular weight excluding hydrogens is 311 g/mol. The largest absolute Gasteiger partial charge is 0.420 e. The van der Waals surface area contributed by atoms with Crippen LogP contribution in [0.2, 0.25) is 0 Å². The number of oxazole rings is 1. The van der Waals surface area contributed by atoms with E-state index in [4.69, 9.17) is 4.42 Å². The molecule has 1 unspecified atom stereocenters. The van der Waals surface area contributed by atoms with Crippen LogP contribution in [0.25, 0.3) is 11.1 Å². The lowest BCUT2D eigenvalue weighted by molar-refractivity contribution is -0.123. The summed E-state index contributed by atoms with van der Waals surface area (Å²) in [6.45, 7) is 1.91. The summed E-state index contributed by atoms with van der Waals surface area (Å²) < 4.78 is 20.0. The van der Waals surface area contributed by atoms with Crippen molar-refractivity contribution in [3.05, 3.63) is 70.5 Å². The zero-order valence-electron chi connectivity index (χ0n) is 13.2. The van der Waals surface area contributed by atoms with Gasteiger partial charge in [-0.1, -0.05) is 30.3 Å². The van der Waals surface area contributed by atoms with Gasteiger partial charge in [-0.25, -0.2) is 9.18 Å². The van der Waals surface area contributed by atoms with E-state index >= 15 is 0 Å². The van der Waals surface area contributed by atoms with Crippen molar-refractivity contribution in [1.82, 2.24) is 9.88 Å². The molecule has 1 atom stereocenters. The number of nitrogens with zero attached hydrogens (tertiary/aromatic N) is 1. The third-order valence-electron chi connectivity index (χ3n) is 3.94. The van der Waals surface area contributed by atoms with Gasteiger partial charge in [0.1, 0.15) is 11.9 Å². The first-order chi connectivity index (χ1) is 11.6. The van der Waals surface area contributed by atoms with Gasteiger partial charge < -0.3 is 9.73 Å². The van der Waals surface area contributed by atoms with Gasteiger partial charge in [0, 0.05) is 6.54 Å². The summed E-state index contributed by atoms with van der Waals surface area (Å²) in [5.74, 6) is -1.19. The quantitative estimate of drug-likeness (QED) is 0.783. The van der Waals surface area contributed by atoms with Crippen LogP contribution in [0.15, 0.2) is 57.7 Å². The lowest BCUT2D eigenvalue weighted by Crippen LogP contribution is -2.35. The number of hydrogen-bond acceptors (Lipinski definition) is 3. The summed E-state index contributed by atoms with van der Waals surface area (Å²) >= 11 is 0. The lowest BCUT2D eigenvalue weighted by atomic mass is 10.1. The number of carbonyl (C=O) groups excluding carboxylic acids is 1. The molecule has 0 aliphatic heterocycles. The molecule has 0 saturated heterocycles. The average Bonchev–Trinajstić information content (AvgIpc) is 2.91. The molecule has 24 heavy (non-hydrogen) atoms. The second-order valence-electron chi connectivity index (χ2n) is 5.51. The van der Waals surface area contributed by atoms with Crippen LogP contribution in [0.3, 0.4) is 0 Å². The molecule has 0 aliphatic carbocycles. The van der Waals surface area contributed by atoms with Crippen LogP contribution in [-0.4, -0.2) is 17.0 Å². The molecule has 5 nitrogen and oxygen atoms in total. The predicted octanol–water partition coefficient (Wildman–Crippen LogP) is 2.65. The van der Waals surface area contributed by atoms with E-state index in [1.807, 2.05) is 0 Å². The molecule has 0 aliphatic rings. The predicted molar refractivity (Wildman–Crippen MR) is 88.3 cm³/mol. The van der Waals surface area contributed by atoms with Crippen molar-refractivity contribution >= 4 is 17.0 Å². The molecule has 1 N–H and O–H groups in total. The molecule has 0 fully saturated rings. The van der Waals surface area contributed by atoms with Gasteiger partial charge >= 0.3 is 5.76 Å². The Bertz CT molecular complexity index is 929. The van der Waals surface area contributed by atoms with Crippen LogP contribution in [-0.2, 0) is 11.2 Å². The highest BCUT2D eigenvalue weighted by Gasteiger charge is 2.20. The second kappa shape index (κ2) is 6.70. The van der Waals surface area contributed by atoms with Gasteiger partial charge in [0.15, 0.2) is 5.58 Å². The number of fused-ring (bicyclic) bond motifs is 1. The lowest BCUT2D eigenvalue weighted by Gasteiger charge is -2.13. The van der Waals surface area contributed by atoms with Gasteiger partial charge in [-0.15, -0.1) is 0 Å².